The van der Waals surface area contributed by atoms with Crippen LogP contribution < -0.4 is 11.1 Å². The van der Waals surface area contributed by atoms with Crippen LogP contribution in [0.4, 0.5) is 4.79 Å². The van der Waals surface area contributed by atoms with Gasteiger partial charge in [0, 0.05) is 6.54 Å². The van der Waals surface area contributed by atoms with Gasteiger partial charge in [0.1, 0.15) is 0 Å². The molecule has 4 N–H and O–H groups in total. The van der Waals surface area contributed by atoms with Gasteiger partial charge in [0.2, 0.25) is 0 Å². The van der Waals surface area contributed by atoms with Crippen molar-refractivity contribution in [3.8, 4) is 0 Å². The van der Waals surface area contributed by atoms with Gasteiger partial charge in [-0.1, -0.05) is 35.9 Å². The lowest BCUT2D eigenvalue weighted by Crippen LogP contribution is -2.30. The highest BCUT2D eigenvalue weighted by Crippen LogP contribution is 1.92. The molecule has 0 bridgehead atoms. The first-order valence-electron chi connectivity index (χ1n) is 5.81. The summed E-state index contributed by atoms with van der Waals surface area (Å²) in [5.41, 5.74) is 6.06. The molecule has 108 valence electrons. The van der Waals surface area contributed by atoms with Crippen molar-refractivity contribution in [3.05, 3.63) is 35.9 Å². The van der Waals surface area contributed by atoms with Crippen molar-refractivity contribution in [1.29, 1.82) is 0 Å². The monoisotopic (exact) mass is 288 g/mol. The van der Waals surface area contributed by atoms with E-state index in [1.807, 2.05) is 18.2 Å². The van der Waals surface area contributed by atoms with E-state index >= 15 is 0 Å². The number of rotatable bonds is 5. The van der Waals surface area contributed by atoms with Crippen molar-refractivity contribution in [2.24, 2.45) is 5.73 Å². The van der Waals surface area contributed by atoms with Crippen molar-refractivity contribution in [2.45, 2.75) is 19.8 Å². The zero-order chi connectivity index (χ0) is 14.7. The second-order valence-corrected chi connectivity index (χ2v) is 5.51. The molecule has 0 aromatic heterocycles. The van der Waals surface area contributed by atoms with Gasteiger partial charge in [-0.25, -0.2) is 4.79 Å². The van der Waals surface area contributed by atoms with E-state index in [4.69, 9.17) is 10.3 Å². The maximum atomic E-state index is 10.2. The van der Waals surface area contributed by atoms with Gasteiger partial charge in [-0.2, -0.15) is 8.42 Å². The Morgan fingerprint density at radius 3 is 2.21 bits per heavy atom. The fourth-order valence-corrected chi connectivity index (χ4v) is 1.72. The lowest BCUT2D eigenvalue weighted by molar-refractivity contribution is 0.249. The lowest BCUT2D eigenvalue weighted by atomic mass is 10.2. The minimum Gasteiger partial charge on any atom is -0.352 e. The number of amides is 2. The van der Waals surface area contributed by atoms with Crippen LogP contribution in [-0.4, -0.2) is 31.3 Å². The largest absolute Gasteiger partial charge is 0.352 e. The number of nitrogens with two attached hydrogens (primary N) is 1. The Morgan fingerprint density at radius 1 is 1.26 bits per heavy atom. The van der Waals surface area contributed by atoms with Gasteiger partial charge < -0.3 is 11.1 Å². The quantitative estimate of drug-likeness (QED) is 0.560. The topological polar surface area (TPSA) is 109 Å². The first kappa shape index (κ1) is 17.4. The van der Waals surface area contributed by atoms with Gasteiger partial charge in [0.15, 0.2) is 0 Å². The van der Waals surface area contributed by atoms with E-state index in [1.165, 1.54) is 5.56 Å². The summed E-state index contributed by atoms with van der Waals surface area (Å²) in [6.07, 6.45) is 0.780. The zero-order valence-corrected chi connectivity index (χ0v) is 11.7. The number of hydrogen-bond donors (Lipinski definition) is 3. The number of aryl methyl sites for hydroxylation is 1. The zero-order valence-electron chi connectivity index (χ0n) is 10.9. The van der Waals surface area contributed by atoms with E-state index < -0.39 is 16.1 Å². The molecule has 0 radical (unpaired) electrons. The van der Waals surface area contributed by atoms with Crippen molar-refractivity contribution >= 4 is 16.1 Å². The Labute approximate surface area is 113 Å². The maximum absolute atomic E-state index is 10.2. The molecule has 0 saturated carbocycles. The minimum atomic E-state index is -3.87. The third-order valence-corrected chi connectivity index (χ3v) is 2.87. The van der Waals surface area contributed by atoms with Crippen LogP contribution in [0, 0.1) is 6.92 Å². The molecule has 0 saturated heterocycles. The molecule has 1 aromatic carbocycles. The van der Waals surface area contributed by atoms with Gasteiger partial charge in [-0.15, -0.1) is 0 Å². The van der Waals surface area contributed by atoms with Gasteiger partial charge >= 0.3 is 6.03 Å². The van der Waals surface area contributed by atoms with Crippen LogP contribution in [0.1, 0.15) is 18.4 Å². The number of hydrogen-bond acceptors (Lipinski definition) is 3. The molecule has 2 amide bonds. The first-order chi connectivity index (χ1) is 8.81. The standard InChI is InChI=1S/C7H8.C5H12N2O4S/c1-7-5-3-2-4-6-7;6-5(8)7-3-1-2-4-12(9,10)11/h2-6H,1H3;1-4H2,(H3,6,7,8)(H,9,10,11). The Kier molecular flexibility index (Phi) is 8.56. The first-order valence-corrected chi connectivity index (χ1v) is 7.42. The summed E-state index contributed by atoms with van der Waals surface area (Å²) in [4.78, 5) is 10.1. The van der Waals surface area contributed by atoms with Crippen molar-refractivity contribution in [1.82, 2.24) is 5.32 Å². The van der Waals surface area contributed by atoms with Gasteiger partial charge in [-0.05, 0) is 19.8 Å². The normalized spacial score (nSPS) is 10.2. The highest BCUT2D eigenvalue weighted by Gasteiger charge is 2.02. The van der Waals surface area contributed by atoms with Gasteiger partial charge in [-0.3, -0.25) is 4.55 Å². The summed E-state index contributed by atoms with van der Waals surface area (Å²) in [6, 6.07) is 9.62. The van der Waals surface area contributed by atoms with Crippen molar-refractivity contribution < 1.29 is 17.8 Å². The summed E-state index contributed by atoms with van der Waals surface area (Å²) in [5.74, 6) is -0.284. The van der Waals surface area contributed by atoms with Crippen LogP contribution in [0.2, 0.25) is 0 Å². The molecule has 6 nitrogen and oxygen atoms in total. The maximum Gasteiger partial charge on any atom is 0.312 e. The van der Waals surface area contributed by atoms with Crippen LogP contribution in [0.5, 0.6) is 0 Å². The molecule has 7 heteroatoms. The summed E-state index contributed by atoms with van der Waals surface area (Å²) >= 11 is 0. The number of nitrogens with one attached hydrogen (secondary N) is 1. The average molecular weight is 288 g/mol. The molecule has 0 aliphatic carbocycles. The van der Waals surface area contributed by atoms with Crippen molar-refractivity contribution in [3.63, 3.8) is 0 Å². The molecule has 0 aliphatic heterocycles. The lowest BCUT2D eigenvalue weighted by Gasteiger charge is -1.99. The van der Waals surface area contributed by atoms with E-state index in [-0.39, 0.29) is 5.75 Å². The summed E-state index contributed by atoms with van der Waals surface area (Å²) in [7, 11) is -3.87. The second-order valence-electron chi connectivity index (χ2n) is 3.94. The molecule has 1 aromatic rings. The van der Waals surface area contributed by atoms with E-state index in [0.717, 1.165) is 0 Å². The fourth-order valence-electron chi connectivity index (χ4n) is 1.16. The third kappa shape index (κ3) is 14.3. The second kappa shape index (κ2) is 9.35. The Bertz CT molecular complexity index is 460. The van der Waals surface area contributed by atoms with Crippen LogP contribution >= 0.6 is 0 Å². The smallest absolute Gasteiger partial charge is 0.312 e. The minimum absolute atomic E-state index is 0.284. The molecular weight excluding hydrogens is 268 g/mol. The summed E-state index contributed by atoms with van der Waals surface area (Å²) in [5, 5.41) is 2.29. The highest BCUT2D eigenvalue weighted by atomic mass is 32.2. The van der Waals surface area contributed by atoms with Crippen LogP contribution in [0.15, 0.2) is 30.3 Å². The number of urea groups is 1. The predicted molar refractivity (Wildman–Crippen MR) is 74.4 cm³/mol. The van der Waals surface area contributed by atoms with Crippen LogP contribution in [-0.2, 0) is 10.1 Å². The van der Waals surface area contributed by atoms with E-state index in [9.17, 15) is 13.2 Å². The molecule has 0 fully saturated rings. The molecule has 1 rings (SSSR count). The molecule has 0 aliphatic rings. The SMILES string of the molecule is Cc1ccccc1.NC(=O)NCCCCS(=O)(=O)O. The molecule has 0 heterocycles. The molecular formula is C12H20N2O4S. The fraction of sp³-hybridized carbons (Fsp3) is 0.417. The Hall–Kier alpha value is -1.60. The average Bonchev–Trinajstić information content (AvgIpc) is 2.28. The van der Waals surface area contributed by atoms with Gasteiger partial charge in [0.05, 0.1) is 5.75 Å². The van der Waals surface area contributed by atoms with E-state index in [1.54, 1.807) is 0 Å². The number of carbonyl (C=O) groups is 1. The van der Waals surface area contributed by atoms with E-state index in [0.29, 0.717) is 19.4 Å². The van der Waals surface area contributed by atoms with E-state index in [2.05, 4.69) is 24.4 Å². The molecule has 0 unspecified atom stereocenters. The highest BCUT2D eigenvalue weighted by molar-refractivity contribution is 7.85. The predicted octanol–water partition coefficient (Wildman–Crippen LogP) is 1.32. The van der Waals surface area contributed by atoms with Crippen LogP contribution in [0.25, 0.3) is 0 Å². The Balaban J connectivity index is 0.000000388. The molecule has 0 atom stereocenters. The van der Waals surface area contributed by atoms with Crippen molar-refractivity contribution in [2.75, 3.05) is 12.3 Å². The van der Waals surface area contributed by atoms with Crippen LogP contribution in [0.3, 0.4) is 0 Å². The number of primary amides is 1. The Morgan fingerprint density at radius 2 is 1.84 bits per heavy atom. The summed E-state index contributed by atoms with van der Waals surface area (Å²) in [6.45, 7) is 2.41. The number of benzene rings is 1. The number of carbonyl (C=O) groups excluding carboxylic acids is 1. The molecule has 19 heavy (non-hydrogen) atoms. The summed E-state index contributed by atoms with van der Waals surface area (Å²) < 4.78 is 28.6. The molecule has 0 spiro atoms. The number of unbranched alkanes of at least 4 members (excludes halogenated alkanes) is 1. The third-order valence-electron chi connectivity index (χ3n) is 2.07. The van der Waals surface area contributed by atoms with Gasteiger partial charge in [0.25, 0.3) is 10.1 Å².